The van der Waals surface area contributed by atoms with Crippen molar-refractivity contribution in [3.8, 4) is 0 Å². The Balaban J connectivity index is 1.85. The minimum atomic E-state index is 1.03. The molecule has 0 aliphatic carbocycles. The molecule has 2 heteroatoms. The molecule has 0 unspecified atom stereocenters. The quantitative estimate of drug-likeness (QED) is 0.640. The zero-order valence-electron chi connectivity index (χ0n) is 13.7. The van der Waals surface area contributed by atoms with Crippen LogP contribution in [0.2, 0.25) is 0 Å². The standard InChI is InChI=1S/C21H22N2/c1-3-23(4-2)19-13-10-17(11-14-19)9-12-18-15-16-22-21-8-6-5-7-20(18)21/h5-16H,3-4H2,1-2H3/b12-9-. The van der Waals surface area contributed by atoms with Crippen LogP contribution >= 0.6 is 0 Å². The van der Waals surface area contributed by atoms with Crippen molar-refractivity contribution in [3.63, 3.8) is 0 Å². The van der Waals surface area contributed by atoms with Gasteiger partial charge in [-0.1, -0.05) is 42.5 Å². The average molecular weight is 302 g/mol. The molecule has 0 saturated heterocycles. The number of nitrogens with zero attached hydrogens (tertiary/aromatic N) is 2. The van der Waals surface area contributed by atoms with Gasteiger partial charge in [-0.25, -0.2) is 0 Å². The summed E-state index contributed by atoms with van der Waals surface area (Å²) in [5, 5.41) is 1.19. The molecule has 116 valence electrons. The van der Waals surface area contributed by atoms with Crippen molar-refractivity contribution in [1.82, 2.24) is 4.98 Å². The van der Waals surface area contributed by atoms with Crippen molar-refractivity contribution >= 4 is 28.7 Å². The van der Waals surface area contributed by atoms with E-state index in [0.717, 1.165) is 18.6 Å². The topological polar surface area (TPSA) is 16.1 Å². The Bertz CT molecular complexity index is 794. The summed E-state index contributed by atoms with van der Waals surface area (Å²) < 4.78 is 0. The first kappa shape index (κ1) is 15.3. The van der Waals surface area contributed by atoms with Crippen LogP contribution < -0.4 is 4.90 Å². The van der Waals surface area contributed by atoms with Gasteiger partial charge in [0.2, 0.25) is 0 Å². The van der Waals surface area contributed by atoms with E-state index in [4.69, 9.17) is 0 Å². The first-order valence-corrected chi connectivity index (χ1v) is 8.18. The number of para-hydroxylation sites is 1. The molecule has 0 aliphatic rings. The largest absolute Gasteiger partial charge is 0.372 e. The maximum absolute atomic E-state index is 4.41. The van der Waals surface area contributed by atoms with Crippen LogP contribution in [0.15, 0.2) is 60.8 Å². The number of pyridine rings is 1. The fourth-order valence-corrected chi connectivity index (χ4v) is 2.83. The van der Waals surface area contributed by atoms with Crippen molar-refractivity contribution in [1.29, 1.82) is 0 Å². The van der Waals surface area contributed by atoms with E-state index in [0.29, 0.717) is 0 Å². The van der Waals surface area contributed by atoms with Gasteiger partial charge < -0.3 is 4.90 Å². The van der Waals surface area contributed by atoms with Gasteiger partial charge in [-0.3, -0.25) is 4.98 Å². The second-order valence-electron chi connectivity index (χ2n) is 5.51. The smallest absolute Gasteiger partial charge is 0.0707 e. The Kier molecular flexibility index (Phi) is 4.72. The maximum Gasteiger partial charge on any atom is 0.0707 e. The lowest BCUT2D eigenvalue weighted by Crippen LogP contribution is -2.21. The van der Waals surface area contributed by atoms with Crippen LogP contribution in [0, 0.1) is 0 Å². The molecule has 0 bridgehead atoms. The molecule has 0 N–H and O–H groups in total. The molecule has 1 heterocycles. The molecule has 0 atom stereocenters. The predicted molar refractivity (Wildman–Crippen MR) is 101 cm³/mol. The summed E-state index contributed by atoms with van der Waals surface area (Å²) in [6, 6.07) is 19.0. The van der Waals surface area contributed by atoms with Gasteiger partial charge in [-0.15, -0.1) is 0 Å². The summed E-state index contributed by atoms with van der Waals surface area (Å²) in [6.45, 7) is 6.45. The molecular formula is C21H22N2. The van der Waals surface area contributed by atoms with Gasteiger partial charge in [0.05, 0.1) is 5.52 Å². The number of benzene rings is 2. The van der Waals surface area contributed by atoms with Crippen LogP contribution in [-0.2, 0) is 0 Å². The molecule has 0 fully saturated rings. The molecule has 0 spiro atoms. The fraction of sp³-hybridized carbons (Fsp3) is 0.190. The summed E-state index contributed by atoms with van der Waals surface area (Å²) in [4.78, 5) is 6.76. The number of hydrogen-bond donors (Lipinski definition) is 0. The molecule has 2 aromatic carbocycles. The predicted octanol–water partition coefficient (Wildman–Crippen LogP) is 5.25. The lowest BCUT2D eigenvalue weighted by atomic mass is 10.1. The van der Waals surface area contributed by atoms with Crippen molar-refractivity contribution < 1.29 is 0 Å². The van der Waals surface area contributed by atoms with Crippen LogP contribution in [0.5, 0.6) is 0 Å². The van der Waals surface area contributed by atoms with E-state index in [2.05, 4.69) is 78.3 Å². The van der Waals surface area contributed by atoms with E-state index in [-0.39, 0.29) is 0 Å². The monoisotopic (exact) mass is 302 g/mol. The molecule has 0 aliphatic heterocycles. The highest BCUT2D eigenvalue weighted by Crippen LogP contribution is 2.20. The molecule has 0 radical (unpaired) electrons. The van der Waals surface area contributed by atoms with Crippen LogP contribution in [0.3, 0.4) is 0 Å². The van der Waals surface area contributed by atoms with Crippen LogP contribution in [0.1, 0.15) is 25.0 Å². The van der Waals surface area contributed by atoms with Crippen LogP contribution in [0.25, 0.3) is 23.1 Å². The van der Waals surface area contributed by atoms with Crippen molar-refractivity contribution in [2.24, 2.45) is 0 Å². The third-order valence-corrected chi connectivity index (χ3v) is 4.16. The minimum Gasteiger partial charge on any atom is -0.372 e. The summed E-state index contributed by atoms with van der Waals surface area (Å²) in [6.07, 6.45) is 6.19. The first-order valence-electron chi connectivity index (χ1n) is 8.18. The second-order valence-corrected chi connectivity index (χ2v) is 5.51. The molecule has 23 heavy (non-hydrogen) atoms. The summed E-state index contributed by atoms with van der Waals surface area (Å²) in [5.41, 5.74) is 4.72. The third kappa shape index (κ3) is 3.42. The molecule has 3 rings (SSSR count). The van der Waals surface area contributed by atoms with E-state index in [9.17, 15) is 0 Å². The highest BCUT2D eigenvalue weighted by atomic mass is 15.1. The number of rotatable bonds is 5. The molecule has 0 saturated carbocycles. The number of fused-ring (bicyclic) bond motifs is 1. The van der Waals surface area contributed by atoms with E-state index in [1.54, 1.807) is 0 Å². The third-order valence-electron chi connectivity index (χ3n) is 4.16. The van der Waals surface area contributed by atoms with Crippen molar-refractivity contribution in [3.05, 3.63) is 71.9 Å². The van der Waals surface area contributed by atoms with Crippen LogP contribution in [0.4, 0.5) is 5.69 Å². The zero-order valence-corrected chi connectivity index (χ0v) is 13.7. The zero-order chi connectivity index (χ0) is 16.1. The van der Waals surface area contributed by atoms with Gasteiger partial charge in [-0.05, 0) is 49.2 Å². The second kappa shape index (κ2) is 7.10. The Morgan fingerprint density at radius 3 is 2.35 bits per heavy atom. The van der Waals surface area contributed by atoms with Gasteiger partial charge in [0.1, 0.15) is 0 Å². The minimum absolute atomic E-state index is 1.03. The highest BCUT2D eigenvalue weighted by molar-refractivity contribution is 5.90. The van der Waals surface area contributed by atoms with E-state index in [1.165, 1.54) is 22.2 Å². The SMILES string of the molecule is CCN(CC)c1ccc(/C=C\c2ccnc3ccccc23)cc1. The van der Waals surface area contributed by atoms with E-state index in [1.807, 2.05) is 18.3 Å². The van der Waals surface area contributed by atoms with E-state index >= 15 is 0 Å². The number of anilines is 1. The van der Waals surface area contributed by atoms with Crippen LogP contribution in [-0.4, -0.2) is 18.1 Å². The number of aromatic nitrogens is 1. The van der Waals surface area contributed by atoms with Crippen molar-refractivity contribution in [2.45, 2.75) is 13.8 Å². The Labute approximate surface area is 138 Å². The number of hydrogen-bond acceptors (Lipinski definition) is 2. The lowest BCUT2D eigenvalue weighted by molar-refractivity contribution is 0.866. The lowest BCUT2D eigenvalue weighted by Gasteiger charge is -2.20. The van der Waals surface area contributed by atoms with Gasteiger partial charge >= 0.3 is 0 Å². The molecule has 1 aromatic heterocycles. The first-order chi connectivity index (χ1) is 11.3. The fourth-order valence-electron chi connectivity index (χ4n) is 2.83. The molecular weight excluding hydrogens is 280 g/mol. The van der Waals surface area contributed by atoms with Gasteiger partial charge in [0.15, 0.2) is 0 Å². The van der Waals surface area contributed by atoms with E-state index < -0.39 is 0 Å². The maximum atomic E-state index is 4.41. The molecule has 2 nitrogen and oxygen atoms in total. The summed E-state index contributed by atoms with van der Waals surface area (Å²) >= 11 is 0. The van der Waals surface area contributed by atoms with Gasteiger partial charge in [0, 0.05) is 30.4 Å². The van der Waals surface area contributed by atoms with Gasteiger partial charge in [0.25, 0.3) is 0 Å². The molecule has 0 amide bonds. The summed E-state index contributed by atoms with van der Waals surface area (Å²) in [5.74, 6) is 0. The summed E-state index contributed by atoms with van der Waals surface area (Å²) in [7, 11) is 0. The van der Waals surface area contributed by atoms with Gasteiger partial charge in [-0.2, -0.15) is 0 Å². The average Bonchev–Trinajstić information content (AvgIpc) is 2.62. The highest BCUT2D eigenvalue weighted by Gasteiger charge is 2.01. The normalized spacial score (nSPS) is 11.2. The Morgan fingerprint density at radius 1 is 0.870 bits per heavy atom. The molecule has 3 aromatic rings. The van der Waals surface area contributed by atoms with Crippen molar-refractivity contribution in [2.75, 3.05) is 18.0 Å². The Hall–Kier alpha value is -2.61. The Morgan fingerprint density at radius 2 is 1.61 bits per heavy atom.